The van der Waals surface area contributed by atoms with E-state index in [-0.39, 0.29) is 17.1 Å². The number of aromatic nitrogens is 5. The molecule has 1 saturated heterocycles. The number of benzene rings is 1. The number of nitrogens with zero attached hydrogens (tertiary/aromatic N) is 5. The lowest BCUT2D eigenvalue weighted by atomic mass is 9.93. The van der Waals surface area contributed by atoms with Gasteiger partial charge in [0, 0.05) is 36.6 Å². The Hall–Kier alpha value is -3.47. The van der Waals surface area contributed by atoms with Gasteiger partial charge in [0.15, 0.2) is 11.5 Å². The molecule has 0 radical (unpaired) electrons. The number of hydrogen-bond acceptors (Lipinski definition) is 6. The highest BCUT2D eigenvalue weighted by Crippen LogP contribution is 2.27. The van der Waals surface area contributed by atoms with Crippen LogP contribution < -0.4 is 10.9 Å². The maximum absolute atomic E-state index is 12.8. The molecule has 0 aliphatic carbocycles. The van der Waals surface area contributed by atoms with Gasteiger partial charge in [0.25, 0.3) is 5.56 Å². The monoisotopic (exact) mass is 471 g/mol. The predicted octanol–water partition coefficient (Wildman–Crippen LogP) is 3.52. The van der Waals surface area contributed by atoms with Gasteiger partial charge in [0.1, 0.15) is 18.4 Å². The third-order valence-electron chi connectivity index (χ3n) is 6.19. The standard InChI is InChI=1S/C23H24F3N7O/c24-23(25,26)12-33-14-30-19-20(28-13-29-21(19)33)27-7-9-32-8-3-5-16(11-32)18-10-15-4-1-2-6-17(15)22(34)31-18/h1-2,4,6,10,13-14,16H,3,5,7-9,11-12H2,(H,31,34)(H,27,28,29). The fraction of sp³-hybridized carbons (Fsp3) is 0.391. The summed E-state index contributed by atoms with van der Waals surface area (Å²) >= 11 is 0. The number of hydrogen-bond donors (Lipinski definition) is 2. The van der Waals surface area contributed by atoms with Crippen molar-refractivity contribution < 1.29 is 13.2 Å². The molecule has 4 heterocycles. The summed E-state index contributed by atoms with van der Waals surface area (Å²) in [7, 11) is 0. The topological polar surface area (TPSA) is 91.7 Å². The molecule has 4 aromatic rings. The Bertz CT molecular complexity index is 1360. The number of H-pyrrole nitrogens is 1. The number of alkyl halides is 3. The van der Waals surface area contributed by atoms with Crippen molar-refractivity contribution in [3.05, 3.63) is 59.0 Å². The fourth-order valence-electron chi connectivity index (χ4n) is 4.62. The number of piperidine rings is 1. The van der Waals surface area contributed by atoms with E-state index in [2.05, 4.69) is 36.2 Å². The number of pyridine rings is 1. The number of fused-ring (bicyclic) bond motifs is 2. The number of rotatable bonds is 6. The molecule has 8 nitrogen and oxygen atoms in total. The molecular weight excluding hydrogens is 447 g/mol. The highest BCUT2D eigenvalue weighted by Gasteiger charge is 2.29. The van der Waals surface area contributed by atoms with E-state index in [1.54, 1.807) is 0 Å². The first kappa shape index (κ1) is 22.3. The Labute approximate surface area is 192 Å². The third kappa shape index (κ3) is 4.74. The molecule has 178 valence electrons. The van der Waals surface area contributed by atoms with Crippen molar-refractivity contribution in [2.75, 3.05) is 31.5 Å². The molecule has 2 N–H and O–H groups in total. The van der Waals surface area contributed by atoms with Gasteiger partial charge in [-0.2, -0.15) is 13.2 Å². The van der Waals surface area contributed by atoms with Crippen molar-refractivity contribution in [1.29, 1.82) is 0 Å². The zero-order valence-electron chi connectivity index (χ0n) is 18.3. The molecule has 1 fully saturated rings. The molecule has 1 aromatic carbocycles. The van der Waals surface area contributed by atoms with Gasteiger partial charge < -0.3 is 19.8 Å². The van der Waals surface area contributed by atoms with Crippen molar-refractivity contribution in [1.82, 2.24) is 29.4 Å². The minimum Gasteiger partial charge on any atom is -0.367 e. The number of aromatic amines is 1. The molecule has 3 aromatic heterocycles. The van der Waals surface area contributed by atoms with Gasteiger partial charge in [-0.25, -0.2) is 15.0 Å². The van der Waals surface area contributed by atoms with Gasteiger partial charge in [-0.15, -0.1) is 0 Å². The Morgan fingerprint density at radius 3 is 2.88 bits per heavy atom. The first-order valence-corrected chi connectivity index (χ1v) is 11.2. The third-order valence-corrected chi connectivity index (χ3v) is 6.19. The van der Waals surface area contributed by atoms with Gasteiger partial charge >= 0.3 is 6.18 Å². The highest BCUT2D eigenvalue weighted by atomic mass is 19.4. The molecule has 0 saturated carbocycles. The summed E-state index contributed by atoms with van der Waals surface area (Å²) in [5, 5.41) is 4.83. The molecule has 0 bridgehead atoms. The summed E-state index contributed by atoms with van der Waals surface area (Å²) in [4.78, 5) is 30.1. The second-order valence-corrected chi connectivity index (χ2v) is 8.59. The fourth-order valence-corrected chi connectivity index (χ4v) is 4.62. The van der Waals surface area contributed by atoms with Crippen LogP contribution in [-0.4, -0.2) is 61.8 Å². The lowest BCUT2D eigenvalue weighted by Gasteiger charge is -2.32. The lowest BCUT2D eigenvalue weighted by Crippen LogP contribution is -2.38. The zero-order chi connectivity index (χ0) is 23.7. The summed E-state index contributed by atoms with van der Waals surface area (Å²) in [5.41, 5.74) is 1.35. The number of nitrogens with one attached hydrogen (secondary N) is 2. The van der Waals surface area contributed by atoms with Crippen molar-refractivity contribution in [3.63, 3.8) is 0 Å². The summed E-state index contributed by atoms with van der Waals surface area (Å²) in [6.45, 7) is 1.89. The average Bonchev–Trinajstić information content (AvgIpc) is 3.21. The van der Waals surface area contributed by atoms with E-state index in [4.69, 9.17) is 0 Å². The molecule has 1 aliphatic heterocycles. The van der Waals surface area contributed by atoms with E-state index in [0.717, 1.165) is 54.5 Å². The second-order valence-electron chi connectivity index (χ2n) is 8.59. The van der Waals surface area contributed by atoms with E-state index in [1.807, 2.05) is 24.3 Å². The minimum atomic E-state index is -4.35. The molecule has 1 unspecified atom stereocenters. The first-order valence-electron chi connectivity index (χ1n) is 11.2. The van der Waals surface area contributed by atoms with Crippen molar-refractivity contribution in [2.24, 2.45) is 0 Å². The van der Waals surface area contributed by atoms with Crippen LogP contribution in [0, 0.1) is 0 Å². The Morgan fingerprint density at radius 1 is 1.18 bits per heavy atom. The number of halogens is 3. The van der Waals surface area contributed by atoms with Crippen LogP contribution in [0.25, 0.3) is 21.9 Å². The van der Waals surface area contributed by atoms with Crippen LogP contribution in [0.3, 0.4) is 0 Å². The van der Waals surface area contributed by atoms with Crippen LogP contribution >= 0.6 is 0 Å². The van der Waals surface area contributed by atoms with E-state index in [9.17, 15) is 18.0 Å². The minimum absolute atomic E-state index is 0.0652. The Kier molecular flexibility index (Phi) is 5.94. The van der Waals surface area contributed by atoms with E-state index in [0.29, 0.717) is 23.3 Å². The van der Waals surface area contributed by atoms with Gasteiger partial charge in [-0.3, -0.25) is 4.79 Å². The van der Waals surface area contributed by atoms with Gasteiger partial charge in [0.2, 0.25) is 0 Å². The van der Waals surface area contributed by atoms with Gasteiger partial charge in [-0.05, 0) is 36.9 Å². The normalized spacial score (nSPS) is 17.4. The van der Waals surface area contributed by atoms with Crippen LogP contribution in [0.1, 0.15) is 24.5 Å². The molecule has 11 heteroatoms. The largest absolute Gasteiger partial charge is 0.406 e. The van der Waals surface area contributed by atoms with Crippen LogP contribution in [-0.2, 0) is 6.54 Å². The molecular formula is C23H24F3N7O. The van der Waals surface area contributed by atoms with Crippen molar-refractivity contribution in [2.45, 2.75) is 31.5 Å². The second kappa shape index (κ2) is 9.05. The highest BCUT2D eigenvalue weighted by molar-refractivity contribution is 5.83. The van der Waals surface area contributed by atoms with E-state index >= 15 is 0 Å². The Balaban J connectivity index is 1.23. The predicted molar refractivity (Wildman–Crippen MR) is 123 cm³/mol. The average molecular weight is 471 g/mol. The number of anilines is 1. The van der Waals surface area contributed by atoms with Crippen LogP contribution in [0.15, 0.2) is 47.8 Å². The number of likely N-dealkylation sites (tertiary alicyclic amines) is 1. The van der Waals surface area contributed by atoms with Crippen LogP contribution in [0.5, 0.6) is 0 Å². The van der Waals surface area contributed by atoms with Gasteiger partial charge in [-0.1, -0.05) is 18.2 Å². The zero-order valence-corrected chi connectivity index (χ0v) is 18.3. The smallest absolute Gasteiger partial charge is 0.367 e. The molecule has 1 atom stereocenters. The summed E-state index contributed by atoms with van der Waals surface area (Å²) in [5.74, 6) is 0.647. The number of imidazole rings is 1. The quantitative estimate of drug-likeness (QED) is 0.447. The molecule has 5 rings (SSSR count). The Morgan fingerprint density at radius 2 is 2.03 bits per heavy atom. The molecule has 0 spiro atoms. The molecule has 34 heavy (non-hydrogen) atoms. The van der Waals surface area contributed by atoms with Crippen molar-refractivity contribution in [3.8, 4) is 0 Å². The molecule has 0 amide bonds. The summed E-state index contributed by atoms with van der Waals surface area (Å²) in [6, 6.07) is 9.64. The molecule has 1 aliphatic rings. The van der Waals surface area contributed by atoms with Gasteiger partial charge in [0.05, 0.1) is 6.33 Å². The van der Waals surface area contributed by atoms with Crippen LogP contribution in [0.4, 0.5) is 19.0 Å². The van der Waals surface area contributed by atoms with Crippen molar-refractivity contribution >= 4 is 27.8 Å². The van der Waals surface area contributed by atoms with E-state index < -0.39 is 12.7 Å². The maximum atomic E-state index is 12.8. The van der Waals surface area contributed by atoms with E-state index in [1.165, 1.54) is 6.33 Å². The summed E-state index contributed by atoms with van der Waals surface area (Å²) in [6.07, 6.45) is 0.0383. The van der Waals surface area contributed by atoms with Crippen LogP contribution in [0.2, 0.25) is 0 Å². The summed E-state index contributed by atoms with van der Waals surface area (Å²) < 4.78 is 39.3. The maximum Gasteiger partial charge on any atom is 0.406 e. The lowest BCUT2D eigenvalue weighted by molar-refractivity contribution is -0.140. The first-order chi connectivity index (χ1) is 16.4. The SMILES string of the molecule is O=c1[nH]c(C2CCCN(CCNc3ncnc4c3ncn4CC(F)(F)F)C2)cc2ccccc12.